The van der Waals surface area contributed by atoms with Crippen LogP contribution in [0.25, 0.3) is 6.08 Å². The molecule has 96 valence electrons. The van der Waals surface area contributed by atoms with E-state index in [2.05, 4.69) is 6.58 Å². The van der Waals surface area contributed by atoms with Crippen LogP contribution in [0.15, 0.2) is 67.3 Å². The maximum Gasteiger partial charge on any atom is 0.123 e. The molecule has 19 heavy (non-hydrogen) atoms. The Morgan fingerprint density at radius 1 is 0.842 bits per heavy atom. The highest BCUT2D eigenvalue weighted by Gasteiger charge is 2.03. The summed E-state index contributed by atoms with van der Waals surface area (Å²) >= 11 is 0. The number of allylic oxidation sites excluding steroid dienone is 2. The second kappa shape index (κ2) is 6.10. The Morgan fingerprint density at radius 2 is 1.37 bits per heavy atom. The van der Waals surface area contributed by atoms with E-state index < -0.39 is 0 Å². The molecular weight excluding hydrogens is 242 g/mol. The van der Waals surface area contributed by atoms with Gasteiger partial charge in [-0.05, 0) is 35.4 Å². The topological polar surface area (TPSA) is 0 Å². The summed E-state index contributed by atoms with van der Waals surface area (Å²) in [6.07, 6.45) is 5.63. The van der Waals surface area contributed by atoms with Gasteiger partial charge in [-0.2, -0.15) is 0 Å². The predicted octanol–water partition coefficient (Wildman–Crippen LogP) is 4.95. The molecule has 0 bridgehead atoms. The van der Waals surface area contributed by atoms with Crippen molar-refractivity contribution in [3.8, 4) is 0 Å². The Morgan fingerprint density at radius 3 is 1.89 bits per heavy atom. The van der Waals surface area contributed by atoms with Crippen molar-refractivity contribution >= 4 is 6.08 Å². The van der Waals surface area contributed by atoms with Crippen LogP contribution in [0.5, 0.6) is 0 Å². The van der Waals surface area contributed by atoms with E-state index in [1.54, 1.807) is 30.3 Å². The molecule has 2 aromatic rings. The summed E-state index contributed by atoms with van der Waals surface area (Å²) in [7, 11) is 0. The fourth-order valence-corrected chi connectivity index (χ4v) is 1.80. The quantitative estimate of drug-likeness (QED) is 0.679. The zero-order valence-electron chi connectivity index (χ0n) is 10.4. The van der Waals surface area contributed by atoms with Gasteiger partial charge in [0.15, 0.2) is 0 Å². The molecule has 0 radical (unpaired) electrons. The Balaban J connectivity index is 2.17. The summed E-state index contributed by atoms with van der Waals surface area (Å²) in [5.74, 6) is -0.504. The van der Waals surface area contributed by atoms with Crippen molar-refractivity contribution < 1.29 is 8.78 Å². The van der Waals surface area contributed by atoms with Gasteiger partial charge in [-0.25, -0.2) is 8.78 Å². The first-order valence-electron chi connectivity index (χ1n) is 6.01. The van der Waals surface area contributed by atoms with Gasteiger partial charge in [-0.15, -0.1) is 6.58 Å². The van der Waals surface area contributed by atoms with E-state index >= 15 is 0 Å². The van der Waals surface area contributed by atoms with Crippen LogP contribution in [0.2, 0.25) is 0 Å². The van der Waals surface area contributed by atoms with Gasteiger partial charge >= 0.3 is 0 Å². The maximum absolute atomic E-state index is 12.9. The van der Waals surface area contributed by atoms with Crippen LogP contribution in [0.3, 0.4) is 0 Å². The molecular formula is C17H14F2. The standard InChI is InChI=1S/C17H14F2/c1-2-14(15-7-11-17(19)12-8-15)6-3-13-4-9-16(18)10-5-13/h2-12,14H,1H2/b6-3+/t14-/m1/s1. The van der Waals surface area contributed by atoms with E-state index in [1.165, 1.54) is 24.3 Å². The molecule has 0 heterocycles. The number of hydrogen-bond donors (Lipinski definition) is 0. The van der Waals surface area contributed by atoms with Crippen molar-refractivity contribution in [2.75, 3.05) is 0 Å². The van der Waals surface area contributed by atoms with Gasteiger partial charge in [-0.1, -0.05) is 42.5 Å². The van der Waals surface area contributed by atoms with E-state index in [4.69, 9.17) is 0 Å². The summed E-state index contributed by atoms with van der Waals surface area (Å²) in [6.45, 7) is 3.78. The highest BCUT2D eigenvalue weighted by molar-refractivity contribution is 5.51. The van der Waals surface area contributed by atoms with E-state index in [0.29, 0.717) is 0 Å². The van der Waals surface area contributed by atoms with Crippen molar-refractivity contribution in [3.05, 3.63) is 90.0 Å². The molecule has 2 aromatic carbocycles. The smallest absolute Gasteiger partial charge is 0.123 e. The minimum Gasteiger partial charge on any atom is -0.207 e. The monoisotopic (exact) mass is 256 g/mol. The molecule has 0 spiro atoms. The molecule has 0 aliphatic heterocycles. The number of rotatable bonds is 4. The van der Waals surface area contributed by atoms with Gasteiger partial charge in [-0.3, -0.25) is 0 Å². The van der Waals surface area contributed by atoms with Crippen molar-refractivity contribution in [1.29, 1.82) is 0 Å². The largest absolute Gasteiger partial charge is 0.207 e. The van der Waals surface area contributed by atoms with Crippen LogP contribution in [0, 0.1) is 11.6 Å². The highest BCUT2D eigenvalue weighted by atomic mass is 19.1. The molecule has 0 unspecified atom stereocenters. The lowest BCUT2D eigenvalue weighted by Crippen LogP contribution is -1.90. The predicted molar refractivity (Wildman–Crippen MR) is 74.8 cm³/mol. The molecule has 0 nitrogen and oxygen atoms in total. The van der Waals surface area contributed by atoms with Gasteiger partial charge in [0.25, 0.3) is 0 Å². The third-order valence-corrected chi connectivity index (χ3v) is 2.87. The van der Waals surface area contributed by atoms with Gasteiger partial charge in [0.2, 0.25) is 0 Å². The van der Waals surface area contributed by atoms with Crippen molar-refractivity contribution in [1.82, 2.24) is 0 Å². The van der Waals surface area contributed by atoms with Crippen LogP contribution in [-0.4, -0.2) is 0 Å². The molecule has 0 aliphatic carbocycles. The second-order valence-electron chi connectivity index (χ2n) is 4.22. The van der Waals surface area contributed by atoms with Crippen LogP contribution in [0.1, 0.15) is 17.0 Å². The van der Waals surface area contributed by atoms with Crippen LogP contribution in [0.4, 0.5) is 8.78 Å². The molecule has 0 N–H and O–H groups in total. The lowest BCUT2D eigenvalue weighted by atomic mass is 9.98. The minimum absolute atomic E-state index is 0.00523. The Bertz CT molecular complexity index is 565. The first-order valence-corrected chi connectivity index (χ1v) is 6.01. The van der Waals surface area contributed by atoms with Crippen molar-refractivity contribution in [2.45, 2.75) is 5.92 Å². The molecule has 0 amide bonds. The van der Waals surface area contributed by atoms with E-state index in [-0.39, 0.29) is 17.6 Å². The van der Waals surface area contributed by atoms with E-state index in [9.17, 15) is 8.78 Å². The van der Waals surface area contributed by atoms with Gasteiger partial charge in [0, 0.05) is 5.92 Å². The average molecular weight is 256 g/mol. The molecule has 1 atom stereocenters. The van der Waals surface area contributed by atoms with Gasteiger partial charge in [0.05, 0.1) is 0 Å². The first-order chi connectivity index (χ1) is 9.19. The molecule has 2 heteroatoms. The fourth-order valence-electron chi connectivity index (χ4n) is 1.80. The molecule has 0 aliphatic rings. The van der Waals surface area contributed by atoms with Gasteiger partial charge < -0.3 is 0 Å². The van der Waals surface area contributed by atoms with Crippen LogP contribution in [-0.2, 0) is 0 Å². The van der Waals surface area contributed by atoms with Crippen molar-refractivity contribution in [3.63, 3.8) is 0 Å². The molecule has 0 fully saturated rings. The Hall–Kier alpha value is -2.22. The first kappa shape index (κ1) is 13.2. The lowest BCUT2D eigenvalue weighted by molar-refractivity contribution is 0.627. The van der Waals surface area contributed by atoms with E-state index in [0.717, 1.165) is 11.1 Å². The minimum atomic E-state index is -0.255. The molecule has 0 saturated heterocycles. The zero-order chi connectivity index (χ0) is 13.7. The second-order valence-corrected chi connectivity index (χ2v) is 4.22. The average Bonchev–Trinajstić information content (AvgIpc) is 2.43. The molecule has 0 aromatic heterocycles. The summed E-state index contributed by atoms with van der Waals surface area (Å²) in [5, 5.41) is 0. The third kappa shape index (κ3) is 3.62. The van der Waals surface area contributed by atoms with Gasteiger partial charge in [0.1, 0.15) is 11.6 Å². The SMILES string of the molecule is C=C[C@H](/C=C/c1ccc(F)cc1)c1ccc(F)cc1. The fraction of sp³-hybridized carbons (Fsp3) is 0.0588. The van der Waals surface area contributed by atoms with Crippen molar-refractivity contribution in [2.24, 2.45) is 0 Å². The maximum atomic E-state index is 12.9. The molecule has 0 saturated carbocycles. The number of hydrogen-bond acceptors (Lipinski definition) is 0. The number of halogens is 2. The van der Waals surface area contributed by atoms with Crippen LogP contribution >= 0.6 is 0 Å². The Kier molecular flexibility index (Phi) is 4.24. The zero-order valence-corrected chi connectivity index (χ0v) is 10.4. The Labute approximate surface area is 111 Å². The lowest BCUT2D eigenvalue weighted by Gasteiger charge is -2.07. The highest BCUT2D eigenvalue weighted by Crippen LogP contribution is 2.20. The van der Waals surface area contributed by atoms with Crippen LogP contribution < -0.4 is 0 Å². The summed E-state index contributed by atoms with van der Waals surface area (Å²) in [6, 6.07) is 12.6. The third-order valence-electron chi connectivity index (χ3n) is 2.87. The summed E-state index contributed by atoms with van der Waals surface area (Å²) in [5.41, 5.74) is 1.88. The van der Waals surface area contributed by atoms with E-state index in [1.807, 2.05) is 12.2 Å². The number of benzene rings is 2. The molecule has 2 rings (SSSR count). The summed E-state index contributed by atoms with van der Waals surface area (Å²) < 4.78 is 25.6. The summed E-state index contributed by atoms with van der Waals surface area (Å²) in [4.78, 5) is 0. The normalized spacial score (nSPS) is 12.5.